The van der Waals surface area contributed by atoms with Gasteiger partial charge >= 0.3 is 0 Å². The molecule has 0 bridgehead atoms. The van der Waals surface area contributed by atoms with Crippen molar-refractivity contribution < 1.29 is 9.21 Å². The third kappa shape index (κ3) is 3.76. The van der Waals surface area contributed by atoms with Crippen LogP contribution >= 0.6 is 23.4 Å². The Morgan fingerprint density at radius 1 is 1.11 bits per heavy atom. The van der Waals surface area contributed by atoms with Crippen molar-refractivity contribution >= 4 is 35.0 Å². The molecule has 0 aliphatic heterocycles. The molecule has 27 heavy (non-hydrogen) atoms. The summed E-state index contributed by atoms with van der Waals surface area (Å²) >= 11 is 7.35. The van der Waals surface area contributed by atoms with E-state index in [-0.39, 0.29) is 11.7 Å². The van der Waals surface area contributed by atoms with Gasteiger partial charge in [0.05, 0.1) is 22.7 Å². The number of hydrogen-bond acceptors (Lipinski definition) is 5. The van der Waals surface area contributed by atoms with Crippen LogP contribution in [0.3, 0.4) is 0 Å². The molecule has 4 rings (SSSR count). The highest BCUT2D eigenvalue weighted by molar-refractivity contribution is 7.99. The molecule has 3 heterocycles. The zero-order valence-corrected chi connectivity index (χ0v) is 15.5. The van der Waals surface area contributed by atoms with Crippen molar-refractivity contribution in [2.24, 2.45) is 0 Å². The number of hydrogen-bond donors (Lipinski definition) is 1. The van der Waals surface area contributed by atoms with Gasteiger partial charge in [0.25, 0.3) is 0 Å². The first kappa shape index (κ1) is 17.4. The second kappa shape index (κ2) is 7.73. The first-order valence-electron chi connectivity index (χ1n) is 8.02. The minimum absolute atomic E-state index is 0.156. The highest BCUT2D eigenvalue weighted by atomic mass is 35.5. The summed E-state index contributed by atoms with van der Waals surface area (Å²) in [4.78, 5) is 12.3. The van der Waals surface area contributed by atoms with Crippen LogP contribution in [0.1, 0.15) is 0 Å². The lowest BCUT2D eigenvalue weighted by atomic mass is 10.3. The SMILES string of the molecule is O=C(CSc1nnc(-c2ccco2)n1-n1cccc1)Nc1ccccc1Cl. The summed E-state index contributed by atoms with van der Waals surface area (Å²) in [6.45, 7) is 0. The van der Waals surface area contributed by atoms with Gasteiger partial charge in [0, 0.05) is 12.4 Å². The molecule has 0 fully saturated rings. The number of carbonyl (C=O) groups excluding carboxylic acids is 1. The number of amides is 1. The van der Waals surface area contributed by atoms with Gasteiger partial charge in [-0.05, 0) is 36.4 Å². The van der Waals surface area contributed by atoms with E-state index in [1.807, 2.05) is 47.4 Å². The molecule has 1 aromatic carbocycles. The minimum Gasteiger partial charge on any atom is -0.461 e. The van der Waals surface area contributed by atoms with Crippen molar-refractivity contribution in [1.29, 1.82) is 0 Å². The number of aromatic nitrogens is 4. The van der Waals surface area contributed by atoms with Gasteiger partial charge in [-0.1, -0.05) is 35.5 Å². The summed E-state index contributed by atoms with van der Waals surface area (Å²) < 4.78 is 9.06. The number of anilines is 1. The van der Waals surface area contributed by atoms with E-state index in [0.29, 0.717) is 27.5 Å². The topological polar surface area (TPSA) is 77.9 Å². The van der Waals surface area contributed by atoms with E-state index in [1.165, 1.54) is 11.8 Å². The van der Waals surface area contributed by atoms with Crippen LogP contribution in [0, 0.1) is 0 Å². The average molecular weight is 400 g/mol. The molecule has 0 spiro atoms. The maximum Gasteiger partial charge on any atom is 0.234 e. The molecule has 0 saturated carbocycles. The van der Waals surface area contributed by atoms with Crippen molar-refractivity contribution in [3.8, 4) is 11.6 Å². The Hall–Kier alpha value is -2.97. The van der Waals surface area contributed by atoms with Gasteiger partial charge in [-0.3, -0.25) is 9.47 Å². The first-order chi connectivity index (χ1) is 13.2. The second-order valence-electron chi connectivity index (χ2n) is 5.48. The van der Waals surface area contributed by atoms with Crippen molar-refractivity contribution in [2.75, 3.05) is 11.1 Å². The monoisotopic (exact) mass is 399 g/mol. The Kier molecular flexibility index (Phi) is 4.99. The number of nitrogens with zero attached hydrogens (tertiary/aromatic N) is 4. The predicted octanol–water partition coefficient (Wildman–Crippen LogP) is 4.04. The molecule has 4 aromatic rings. The Bertz CT molecular complexity index is 1040. The molecule has 7 nitrogen and oxygen atoms in total. The molecule has 0 unspecified atom stereocenters. The van der Waals surface area contributed by atoms with Crippen LogP contribution in [-0.4, -0.2) is 31.2 Å². The lowest BCUT2D eigenvalue weighted by Crippen LogP contribution is -2.16. The average Bonchev–Trinajstić information content (AvgIpc) is 3.42. The molecule has 136 valence electrons. The van der Waals surface area contributed by atoms with Gasteiger partial charge in [0.15, 0.2) is 5.76 Å². The molecule has 0 aliphatic carbocycles. The van der Waals surface area contributed by atoms with Gasteiger partial charge in [0.1, 0.15) is 0 Å². The van der Waals surface area contributed by atoms with Crippen LogP contribution in [0.4, 0.5) is 5.69 Å². The maximum atomic E-state index is 12.3. The largest absolute Gasteiger partial charge is 0.461 e. The van der Waals surface area contributed by atoms with Crippen LogP contribution in [0.5, 0.6) is 0 Å². The third-order valence-electron chi connectivity index (χ3n) is 3.65. The van der Waals surface area contributed by atoms with Crippen molar-refractivity contribution in [2.45, 2.75) is 5.16 Å². The fraction of sp³-hybridized carbons (Fsp3) is 0.0556. The number of furan rings is 1. The molecule has 9 heteroatoms. The van der Waals surface area contributed by atoms with Crippen LogP contribution in [-0.2, 0) is 4.79 Å². The minimum atomic E-state index is -0.185. The van der Waals surface area contributed by atoms with E-state index in [0.717, 1.165) is 0 Å². The quantitative estimate of drug-likeness (QED) is 0.495. The third-order valence-corrected chi connectivity index (χ3v) is 4.90. The standard InChI is InChI=1S/C18H14ClN5O2S/c19-13-6-1-2-7-14(13)20-16(25)12-27-18-22-21-17(15-8-5-11-26-15)24(18)23-9-3-4-10-23/h1-11H,12H2,(H,20,25). The molecule has 3 aromatic heterocycles. The molecule has 0 saturated heterocycles. The van der Waals surface area contributed by atoms with E-state index >= 15 is 0 Å². The molecule has 1 amide bonds. The lowest BCUT2D eigenvalue weighted by molar-refractivity contribution is -0.113. The van der Waals surface area contributed by atoms with Gasteiger partial charge < -0.3 is 9.73 Å². The fourth-order valence-electron chi connectivity index (χ4n) is 2.46. The Balaban J connectivity index is 1.54. The van der Waals surface area contributed by atoms with E-state index in [4.69, 9.17) is 16.0 Å². The Labute approximate surface area is 163 Å². The second-order valence-corrected chi connectivity index (χ2v) is 6.82. The van der Waals surface area contributed by atoms with E-state index in [1.54, 1.807) is 29.1 Å². The summed E-state index contributed by atoms with van der Waals surface area (Å²) in [5, 5.41) is 12.3. The summed E-state index contributed by atoms with van der Waals surface area (Å²) in [6, 6.07) is 14.5. The predicted molar refractivity (Wildman–Crippen MR) is 104 cm³/mol. The van der Waals surface area contributed by atoms with E-state index in [9.17, 15) is 4.79 Å². The summed E-state index contributed by atoms with van der Waals surface area (Å²) in [6.07, 6.45) is 5.31. The summed E-state index contributed by atoms with van der Waals surface area (Å²) in [7, 11) is 0. The van der Waals surface area contributed by atoms with Gasteiger partial charge in [-0.2, -0.15) is 0 Å². The van der Waals surface area contributed by atoms with Crippen LogP contribution in [0.15, 0.2) is 76.8 Å². The lowest BCUT2D eigenvalue weighted by Gasteiger charge is -2.10. The zero-order chi connectivity index (χ0) is 18.6. The molecular weight excluding hydrogens is 386 g/mol. The van der Waals surface area contributed by atoms with Crippen molar-refractivity contribution in [3.63, 3.8) is 0 Å². The Morgan fingerprint density at radius 3 is 2.67 bits per heavy atom. The first-order valence-corrected chi connectivity index (χ1v) is 9.39. The van der Waals surface area contributed by atoms with Crippen LogP contribution in [0.2, 0.25) is 5.02 Å². The highest BCUT2D eigenvalue weighted by Crippen LogP contribution is 2.25. The number of rotatable bonds is 6. The Morgan fingerprint density at radius 2 is 1.93 bits per heavy atom. The van der Waals surface area contributed by atoms with Crippen LogP contribution < -0.4 is 5.32 Å². The smallest absolute Gasteiger partial charge is 0.234 e. The number of benzene rings is 1. The molecule has 0 atom stereocenters. The number of nitrogens with one attached hydrogen (secondary N) is 1. The number of thioether (sulfide) groups is 1. The van der Waals surface area contributed by atoms with Gasteiger partial charge in [-0.15, -0.1) is 10.2 Å². The van der Waals surface area contributed by atoms with Gasteiger partial charge in [-0.25, -0.2) is 4.68 Å². The highest BCUT2D eigenvalue weighted by Gasteiger charge is 2.18. The molecule has 1 N–H and O–H groups in total. The van der Waals surface area contributed by atoms with E-state index in [2.05, 4.69) is 15.5 Å². The van der Waals surface area contributed by atoms with Crippen molar-refractivity contribution in [3.05, 3.63) is 72.2 Å². The molecule has 0 aliphatic rings. The number of halogens is 1. The van der Waals surface area contributed by atoms with Crippen LogP contribution in [0.25, 0.3) is 11.6 Å². The number of carbonyl (C=O) groups is 1. The number of para-hydroxylation sites is 1. The fourth-order valence-corrected chi connectivity index (χ4v) is 3.38. The maximum absolute atomic E-state index is 12.3. The summed E-state index contributed by atoms with van der Waals surface area (Å²) in [5.74, 6) is 1.10. The molecular formula is C18H14ClN5O2S. The van der Waals surface area contributed by atoms with Crippen molar-refractivity contribution in [1.82, 2.24) is 19.5 Å². The van der Waals surface area contributed by atoms with E-state index < -0.39 is 0 Å². The zero-order valence-electron chi connectivity index (χ0n) is 13.9. The summed E-state index contributed by atoms with van der Waals surface area (Å²) in [5.41, 5.74) is 0.577. The normalized spacial score (nSPS) is 10.9. The molecule has 0 radical (unpaired) electrons. The van der Waals surface area contributed by atoms with Gasteiger partial charge in [0.2, 0.25) is 16.9 Å².